The molecule has 10 heteroatoms. The first-order chi connectivity index (χ1) is 13.6. The summed E-state index contributed by atoms with van der Waals surface area (Å²) in [4.78, 5) is 11.8. The van der Waals surface area contributed by atoms with Gasteiger partial charge in [0, 0.05) is 7.11 Å². The molecule has 1 saturated heterocycles. The summed E-state index contributed by atoms with van der Waals surface area (Å²) >= 11 is 0. The maximum atomic E-state index is 11.8. The molecule has 3 N–H and O–H groups in total. The van der Waals surface area contributed by atoms with Gasteiger partial charge in [-0.15, -0.1) is 0 Å². The van der Waals surface area contributed by atoms with Gasteiger partial charge < -0.3 is 38.7 Å². The molecule has 30 heavy (non-hydrogen) atoms. The van der Waals surface area contributed by atoms with Gasteiger partial charge in [-0.05, 0) is 38.9 Å². The van der Waals surface area contributed by atoms with Gasteiger partial charge in [-0.1, -0.05) is 20.8 Å². The maximum Gasteiger partial charge on any atom is 0.337 e. The number of carbonyl (C=O) groups is 1. The Kier molecular flexibility index (Phi) is 9.47. The van der Waals surface area contributed by atoms with E-state index in [0.29, 0.717) is 0 Å². The van der Waals surface area contributed by atoms with Crippen LogP contribution in [0.25, 0.3) is 0 Å². The number of hydrogen-bond acceptors (Lipinski definition) is 9. The Balaban J connectivity index is 2.98. The molecule has 0 aliphatic carbocycles. The van der Waals surface area contributed by atoms with E-state index in [0.717, 1.165) is 0 Å². The minimum Gasteiger partial charge on any atom is -0.464 e. The second-order valence-electron chi connectivity index (χ2n) is 9.59. The lowest BCUT2D eigenvalue weighted by molar-refractivity contribution is -0.189. The van der Waals surface area contributed by atoms with E-state index in [9.17, 15) is 20.1 Å². The second-order valence-corrected chi connectivity index (χ2v) is 14.4. The first kappa shape index (κ1) is 27.4. The van der Waals surface area contributed by atoms with Crippen LogP contribution in [0.15, 0.2) is 0 Å². The third kappa shape index (κ3) is 6.70. The molecular weight excluding hydrogens is 412 g/mol. The molecule has 6 atom stereocenters. The van der Waals surface area contributed by atoms with Gasteiger partial charge in [-0.2, -0.15) is 0 Å². The number of aliphatic hydroxyl groups is 3. The minimum absolute atomic E-state index is 0.00883. The molecule has 0 bridgehead atoms. The molecule has 0 amide bonds. The lowest BCUT2D eigenvalue weighted by Gasteiger charge is -2.38. The number of aliphatic hydroxyl groups excluding tert-OH is 3. The van der Waals surface area contributed by atoms with E-state index in [1.54, 1.807) is 20.8 Å². The predicted molar refractivity (Wildman–Crippen MR) is 112 cm³/mol. The molecule has 0 spiro atoms. The van der Waals surface area contributed by atoms with Gasteiger partial charge in [0.25, 0.3) is 0 Å². The van der Waals surface area contributed by atoms with Crippen molar-refractivity contribution in [3.63, 3.8) is 0 Å². The number of carbonyl (C=O) groups excluding carboxylic acids is 1. The molecule has 1 rings (SSSR count). The predicted octanol–water partition coefficient (Wildman–Crippen LogP) is 1.19. The fourth-order valence-corrected chi connectivity index (χ4v) is 4.02. The summed E-state index contributed by atoms with van der Waals surface area (Å²) in [5.41, 5.74) is 0. The molecule has 0 saturated carbocycles. The van der Waals surface area contributed by atoms with Crippen molar-refractivity contribution in [3.8, 4) is 0 Å². The van der Waals surface area contributed by atoms with Gasteiger partial charge in [0.15, 0.2) is 20.2 Å². The smallest absolute Gasteiger partial charge is 0.337 e. The molecule has 1 heterocycles. The number of ether oxygens (including phenoxy) is 4. The Labute approximate surface area is 180 Å². The highest BCUT2D eigenvalue weighted by molar-refractivity contribution is 6.74. The van der Waals surface area contributed by atoms with Gasteiger partial charge in [0.1, 0.15) is 30.5 Å². The topological polar surface area (TPSA) is 124 Å². The van der Waals surface area contributed by atoms with Gasteiger partial charge in [0.2, 0.25) is 0 Å². The monoisotopic (exact) mass is 452 g/mol. The second kappa shape index (κ2) is 10.3. The third-order valence-electron chi connectivity index (χ3n) is 5.77. The summed E-state index contributed by atoms with van der Waals surface area (Å²) in [5.74, 6) is -1.99. The zero-order chi connectivity index (χ0) is 23.5. The van der Waals surface area contributed by atoms with Gasteiger partial charge in [-0.3, -0.25) is 0 Å². The number of esters is 1. The third-order valence-corrected chi connectivity index (χ3v) is 10.3. The van der Waals surface area contributed by atoms with E-state index in [-0.39, 0.29) is 18.3 Å². The molecule has 1 aliphatic rings. The summed E-state index contributed by atoms with van der Waals surface area (Å²) in [7, 11) is -0.820. The Hall–Kier alpha value is -0.593. The Bertz CT molecular complexity index is 561. The van der Waals surface area contributed by atoms with Crippen LogP contribution >= 0.6 is 0 Å². The van der Waals surface area contributed by atoms with E-state index < -0.39 is 56.7 Å². The molecule has 0 radical (unpaired) electrons. The first-order valence-corrected chi connectivity index (χ1v) is 13.2. The lowest BCUT2D eigenvalue weighted by Crippen LogP contribution is -2.55. The first-order valence-electron chi connectivity index (χ1n) is 10.3. The van der Waals surface area contributed by atoms with Crippen molar-refractivity contribution in [1.82, 2.24) is 0 Å². The number of hydrogen-bond donors (Lipinski definition) is 3. The van der Waals surface area contributed by atoms with Crippen LogP contribution in [0.2, 0.25) is 18.1 Å². The summed E-state index contributed by atoms with van der Waals surface area (Å²) in [6, 6.07) is 0. The van der Waals surface area contributed by atoms with Crippen LogP contribution in [0.1, 0.15) is 41.5 Å². The van der Waals surface area contributed by atoms with E-state index in [4.69, 9.17) is 23.4 Å². The van der Waals surface area contributed by atoms with Gasteiger partial charge in [-0.25, -0.2) is 4.79 Å². The van der Waals surface area contributed by atoms with E-state index in [1.165, 1.54) is 7.11 Å². The SMILES string of the molecule is CCOC(=O)C(O)C(O)[C@@H](OC)[C@H](O)[C@H]1OC(C)(C)O[C@@H]1CO[Si](C)(C)C(C)(C)C. The molecule has 1 fully saturated rings. The van der Waals surface area contributed by atoms with Crippen molar-refractivity contribution in [3.05, 3.63) is 0 Å². The fourth-order valence-electron chi connectivity index (χ4n) is 3.00. The molecule has 0 aromatic heterocycles. The van der Waals surface area contributed by atoms with Crippen molar-refractivity contribution in [2.75, 3.05) is 20.3 Å². The normalized spacial score (nSPS) is 26.1. The van der Waals surface area contributed by atoms with Crippen LogP contribution in [0.5, 0.6) is 0 Å². The van der Waals surface area contributed by atoms with Crippen LogP contribution in [-0.2, 0) is 28.2 Å². The standard InChI is InChI=1S/C20H40O9Si/c1-10-26-18(24)14(22)13(21)17(25-7)15(23)16-12(28-20(5,6)29-16)11-27-30(8,9)19(2,3)4/h12-17,21-23H,10-11H2,1-9H3/t12-,13?,14?,15-,16+,17-/m1/s1. The molecule has 9 nitrogen and oxygen atoms in total. The van der Waals surface area contributed by atoms with Crippen LogP contribution in [0.3, 0.4) is 0 Å². The molecule has 1 aliphatic heterocycles. The summed E-state index contributed by atoms with van der Waals surface area (Å²) in [5, 5.41) is 31.4. The lowest BCUT2D eigenvalue weighted by atomic mass is 9.96. The zero-order valence-electron chi connectivity index (χ0n) is 19.7. The van der Waals surface area contributed by atoms with Gasteiger partial charge >= 0.3 is 5.97 Å². The molecule has 2 unspecified atom stereocenters. The molecule has 0 aromatic rings. The number of rotatable bonds is 10. The fraction of sp³-hybridized carbons (Fsp3) is 0.950. The number of methoxy groups -OCH3 is 1. The van der Waals surface area contributed by atoms with Crippen molar-refractivity contribution in [1.29, 1.82) is 0 Å². The minimum atomic E-state index is -2.08. The largest absolute Gasteiger partial charge is 0.464 e. The Morgan fingerprint density at radius 3 is 2.20 bits per heavy atom. The Morgan fingerprint density at radius 2 is 1.73 bits per heavy atom. The quantitative estimate of drug-likeness (QED) is 0.331. The maximum absolute atomic E-state index is 11.8. The van der Waals surface area contributed by atoms with E-state index in [1.807, 2.05) is 0 Å². The molecule has 0 aromatic carbocycles. The van der Waals surface area contributed by atoms with Crippen molar-refractivity contribution in [2.24, 2.45) is 0 Å². The van der Waals surface area contributed by atoms with Crippen LogP contribution < -0.4 is 0 Å². The Morgan fingerprint density at radius 1 is 1.17 bits per heavy atom. The van der Waals surface area contributed by atoms with Crippen molar-refractivity contribution >= 4 is 14.3 Å². The van der Waals surface area contributed by atoms with Crippen LogP contribution in [-0.4, -0.2) is 92.3 Å². The summed E-state index contributed by atoms with van der Waals surface area (Å²) in [6.07, 6.45) is -7.85. The van der Waals surface area contributed by atoms with Crippen molar-refractivity contribution in [2.45, 2.75) is 102 Å². The summed E-state index contributed by atoms with van der Waals surface area (Å²) < 4.78 is 28.0. The highest BCUT2D eigenvalue weighted by Gasteiger charge is 2.50. The average Bonchev–Trinajstić information content (AvgIpc) is 2.93. The molecule has 178 valence electrons. The van der Waals surface area contributed by atoms with Crippen LogP contribution in [0.4, 0.5) is 0 Å². The zero-order valence-corrected chi connectivity index (χ0v) is 20.7. The van der Waals surface area contributed by atoms with Crippen LogP contribution in [0, 0.1) is 0 Å². The average molecular weight is 453 g/mol. The van der Waals surface area contributed by atoms with E-state index in [2.05, 4.69) is 33.9 Å². The van der Waals surface area contributed by atoms with Gasteiger partial charge in [0.05, 0.1) is 13.2 Å². The summed E-state index contributed by atoms with van der Waals surface area (Å²) in [6.45, 7) is 15.8. The highest BCUT2D eigenvalue weighted by Crippen LogP contribution is 2.38. The highest BCUT2D eigenvalue weighted by atomic mass is 28.4. The molecular formula is C20H40O9Si. The van der Waals surface area contributed by atoms with E-state index >= 15 is 0 Å². The van der Waals surface area contributed by atoms with Crippen molar-refractivity contribution < 1.29 is 43.5 Å².